The van der Waals surface area contributed by atoms with Crippen LogP contribution in [0.15, 0.2) is 12.1 Å². The lowest BCUT2D eigenvalue weighted by Gasteiger charge is -2.26. The molecule has 0 saturated heterocycles. The van der Waals surface area contributed by atoms with Crippen LogP contribution >= 0.6 is 0 Å². The van der Waals surface area contributed by atoms with Crippen molar-refractivity contribution in [3.05, 3.63) is 29.3 Å². The Balaban J connectivity index is 2.92. The summed E-state index contributed by atoms with van der Waals surface area (Å²) in [6.45, 7) is 9.43. The van der Waals surface area contributed by atoms with Crippen LogP contribution in [0.2, 0.25) is 0 Å². The van der Waals surface area contributed by atoms with Gasteiger partial charge in [-0.3, -0.25) is 0 Å². The van der Waals surface area contributed by atoms with Gasteiger partial charge in [0.1, 0.15) is 22.1 Å². The Bertz CT molecular complexity index is 440. The van der Waals surface area contributed by atoms with Gasteiger partial charge in [0.25, 0.3) is 0 Å². The largest absolute Gasteiger partial charge is 0.598 e. The first-order valence-corrected chi connectivity index (χ1v) is 7.72. The molecular formula is C14H22F2N2OS. The summed E-state index contributed by atoms with van der Waals surface area (Å²) in [7, 11) is 0. The molecule has 1 unspecified atom stereocenters. The quantitative estimate of drug-likeness (QED) is 0.818. The standard InChI is InChI=1S/C14H22F2N2OS/c1-6-17-13-11(15)7-10(8-12(13)16)9(2)18-20(19)14(3,4)5/h7-9,17-18H,6H2,1-5H3/t9-,20?/m1/s1. The zero-order valence-corrected chi connectivity index (χ0v) is 13.3. The van der Waals surface area contributed by atoms with Gasteiger partial charge in [0.15, 0.2) is 0 Å². The maximum Gasteiger partial charge on any atom is 0.149 e. The van der Waals surface area contributed by atoms with Crippen LogP contribution in [0.4, 0.5) is 14.5 Å². The SMILES string of the molecule is CCNc1c(F)cc([C@@H](C)N[S+]([O-])C(C)(C)C)cc1F. The molecule has 0 aliphatic heterocycles. The second kappa shape index (κ2) is 6.74. The van der Waals surface area contributed by atoms with Gasteiger partial charge in [-0.15, -0.1) is 4.72 Å². The third-order valence-corrected chi connectivity index (χ3v) is 4.44. The summed E-state index contributed by atoms with van der Waals surface area (Å²) < 4.78 is 42.1. The molecule has 114 valence electrons. The highest BCUT2D eigenvalue weighted by Gasteiger charge is 2.28. The fourth-order valence-electron chi connectivity index (χ4n) is 1.59. The normalized spacial score (nSPS) is 15.0. The first kappa shape index (κ1) is 17.2. The third kappa shape index (κ3) is 4.33. The third-order valence-electron chi connectivity index (χ3n) is 2.76. The number of nitrogens with one attached hydrogen (secondary N) is 2. The predicted octanol–water partition coefficient (Wildman–Crippen LogP) is 3.51. The summed E-state index contributed by atoms with van der Waals surface area (Å²) in [5, 5.41) is 2.64. The highest BCUT2D eigenvalue weighted by Crippen LogP contribution is 2.25. The molecule has 0 aliphatic rings. The van der Waals surface area contributed by atoms with Crippen molar-refractivity contribution in [3.63, 3.8) is 0 Å². The van der Waals surface area contributed by atoms with Crippen molar-refractivity contribution in [2.75, 3.05) is 11.9 Å². The summed E-state index contributed by atoms with van der Waals surface area (Å²) in [6.07, 6.45) is 0. The van der Waals surface area contributed by atoms with Crippen molar-refractivity contribution < 1.29 is 13.3 Å². The molecule has 20 heavy (non-hydrogen) atoms. The fourth-order valence-corrected chi connectivity index (χ4v) is 2.40. The number of anilines is 1. The van der Waals surface area contributed by atoms with Gasteiger partial charge in [0.2, 0.25) is 0 Å². The summed E-state index contributed by atoms with van der Waals surface area (Å²) in [6, 6.07) is 2.12. The van der Waals surface area contributed by atoms with Gasteiger partial charge in [-0.2, -0.15) is 0 Å². The molecule has 0 aliphatic carbocycles. The van der Waals surface area contributed by atoms with E-state index in [-0.39, 0.29) is 5.69 Å². The van der Waals surface area contributed by atoms with E-state index in [4.69, 9.17) is 0 Å². The van der Waals surface area contributed by atoms with E-state index in [1.807, 2.05) is 20.8 Å². The molecule has 3 nitrogen and oxygen atoms in total. The molecule has 1 aromatic rings. The summed E-state index contributed by atoms with van der Waals surface area (Å²) in [4.78, 5) is 0. The topological polar surface area (TPSA) is 47.1 Å². The molecule has 0 heterocycles. The van der Waals surface area contributed by atoms with Gasteiger partial charge >= 0.3 is 0 Å². The van der Waals surface area contributed by atoms with E-state index < -0.39 is 33.8 Å². The monoisotopic (exact) mass is 304 g/mol. The molecule has 0 aromatic heterocycles. The Morgan fingerprint density at radius 3 is 2.15 bits per heavy atom. The molecule has 0 bridgehead atoms. The van der Waals surface area contributed by atoms with Crippen molar-refractivity contribution >= 4 is 17.0 Å². The molecule has 0 amide bonds. The zero-order valence-electron chi connectivity index (χ0n) is 12.5. The molecule has 1 rings (SSSR count). The minimum Gasteiger partial charge on any atom is -0.598 e. The molecule has 2 N–H and O–H groups in total. The number of rotatable bonds is 5. The van der Waals surface area contributed by atoms with E-state index in [0.29, 0.717) is 12.1 Å². The zero-order chi connectivity index (χ0) is 15.5. The number of hydrogen-bond acceptors (Lipinski definition) is 3. The number of benzene rings is 1. The maximum absolute atomic E-state index is 13.8. The smallest absolute Gasteiger partial charge is 0.149 e. The van der Waals surface area contributed by atoms with Gasteiger partial charge in [-0.1, -0.05) is 0 Å². The Hall–Kier alpha value is -0.850. The highest BCUT2D eigenvalue weighted by atomic mass is 32.2. The lowest BCUT2D eigenvalue weighted by molar-refractivity contribution is 0.528. The molecule has 0 fully saturated rings. The molecule has 0 spiro atoms. The first-order valence-electron chi connectivity index (χ1n) is 6.57. The second-order valence-electron chi connectivity index (χ2n) is 5.61. The van der Waals surface area contributed by atoms with Crippen molar-refractivity contribution in [1.29, 1.82) is 0 Å². The molecular weight excluding hydrogens is 282 g/mol. The molecule has 6 heteroatoms. The van der Waals surface area contributed by atoms with Crippen LogP contribution in [-0.4, -0.2) is 15.8 Å². The van der Waals surface area contributed by atoms with Crippen molar-refractivity contribution in [1.82, 2.24) is 4.72 Å². The molecule has 2 atom stereocenters. The van der Waals surface area contributed by atoms with Crippen LogP contribution in [0.1, 0.15) is 46.2 Å². The Kier molecular flexibility index (Phi) is 5.79. The van der Waals surface area contributed by atoms with Crippen LogP contribution in [0.5, 0.6) is 0 Å². The van der Waals surface area contributed by atoms with E-state index in [0.717, 1.165) is 0 Å². The average molecular weight is 304 g/mol. The molecule has 0 saturated carbocycles. The Morgan fingerprint density at radius 1 is 1.25 bits per heavy atom. The van der Waals surface area contributed by atoms with E-state index in [9.17, 15) is 13.3 Å². The minimum atomic E-state index is -1.30. The van der Waals surface area contributed by atoms with Crippen molar-refractivity contribution in [3.8, 4) is 0 Å². The van der Waals surface area contributed by atoms with Gasteiger partial charge in [-0.25, -0.2) is 8.78 Å². The average Bonchev–Trinajstić information content (AvgIpc) is 2.32. The van der Waals surface area contributed by atoms with E-state index >= 15 is 0 Å². The van der Waals surface area contributed by atoms with Crippen LogP contribution in [0.25, 0.3) is 0 Å². The van der Waals surface area contributed by atoms with E-state index in [1.54, 1.807) is 13.8 Å². The van der Waals surface area contributed by atoms with Crippen LogP contribution in [0, 0.1) is 11.6 Å². The highest BCUT2D eigenvalue weighted by molar-refractivity contribution is 7.90. The summed E-state index contributed by atoms with van der Waals surface area (Å²) >= 11 is -1.30. The van der Waals surface area contributed by atoms with E-state index in [1.165, 1.54) is 12.1 Å². The maximum atomic E-state index is 13.8. The number of hydrogen-bond donors (Lipinski definition) is 2. The second-order valence-corrected chi connectivity index (χ2v) is 7.61. The summed E-state index contributed by atoms with van der Waals surface area (Å²) in [5.74, 6) is -1.28. The van der Waals surface area contributed by atoms with Crippen LogP contribution < -0.4 is 10.0 Å². The van der Waals surface area contributed by atoms with E-state index in [2.05, 4.69) is 10.0 Å². The van der Waals surface area contributed by atoms with Gasteiger partial charge in [0.05, 0.1) is 6.04 Å². The Morgan fingerprint density at radius 2 is 1.75 bits per heavy atom. The Labute approximate surface area is 122 Å². The van der Waals surface area contributed by atoms with Gasteiger partial charge in [0, 0.05) is 17.9 Å². The van der Waals surface area contributed by atoms with Gasteiger partial charge < -0.3 is 9.87 Å². The molecule has 0 radical (unpaired) electrons. The van der Waals surface area contributed by atoms with Crippen molar-refractivity contribution in [2.45, 2.75) is 45.4 Å². The summed E-state index contributed by atoms with van der Waals surface area (Å²) in [5.41, 5.74) is 0.305. The fraction of sp³-hybridized carbons (Fsp3) is 0.571. The molecule has 1 aromatic carbocycles. The van der Waals surface area contributed by atoms with Crippen molar-refractivity contribution in [2.24, 2.45) is 0 Å². The number of halogens is 2. The first-order chi connectivity index (χ1) is 9.16. The predicted molar refractivity (Wildman–Crippen MR) is 80.0 cm³/mol. The van der Waals surface area contributed by atoms with Gasteiger partial charge in [-0.05, 0) is 52.3 Å². The lowest BCUT2D eigenvalue weighted by Crippen LogP contribution is -2.40. The minimum absolute atomic E-state index is 0.125. The van der Waals surface area contributed by atoms with Crippen LogP contribution in [-0.2, 0) is 11.4 Å². The lowest BCUT2D eigenvalue weighted by atomic mass is 10.1. The van der Waals surface area contributed by atoms with Crippen LogP contribution in [0.3, 0.4) is 0 Å².